The monoisotopic (exact) mass is 310 g/mol. The second-order valence-corrected chi connectivity index (χ2v) is 6.21. The van der Waals surface area contributed by atoms with Crippen LogP contribution in [-0.4, -0.2) is 18.1 Å². The number of hydrogen-bond donors (Lipinski definition) is 1. The highest BCUT2D eigenvalue weighted by Gasteiger charge is 2.11. The molecule has 4 nitrogen and oxygen atoms in total. The number of hydrogen-bond acceptors (Lipinski definition) is 5. The number of nitrogens with zero attached hydrogens (tertiary/aromatic N) is 3. The lowest BCUT2D eigenvalue weighted by atomic mass is 10.2. The molecule has 1 aromatic heterocycles. The van der Waals surface area contributed by atoms with Gasteiger partial charge >= 0.3 is 0 Å². The van der Waals surface area contributed by atoms with Gasteiger partial charge in [0, 0.05) is 41.7 Å². The van der Waals surface area contributed by atoms with E-state index in [9.17, 15) is 5.26 Å². The molecule has 2 aromatic rings. The van der Waals surface area contributed by atoms with E-state index in [-0.39, 0.29) is 0 Å². The van der Waals surface area contributed by atoms with Gasteiger partial charge in [0.05, 0.1) is 0 Å². The molecule has 3 rings (SSSR count). The Hall–Kier alpha value is -2.32. The summed E-state index contributed by atoms with van der Waals surface area (Å²) in [5.74, 6) is 0. The summed E-state index contributed by atoms with van der Waals surface area (Å²) in [7, 11) is 0. The van der Waals surface area contributed by atoms with Gasteiger partial charge in [-0.25, -0.2) is 4.98 Å². The lowest BCUT2D eigenvalue weighted by Crippen LogP contribution is -2.17. The Kier molecular flexibility index (Phi) is 4.40. The Morgan fingerprint density at radius 2 is 2.05 bits per heavy atom. The van der Waals surface area contributed by atoms with E-state index >= 15 is 0 Å². The summed E-state index contributed by atoms with van der Waals surface area (Å²) in [6, 6.07) is 10.5. The van der Waals surface area contributed by atoms with Crippen LogP contribution < -0.4 is 10.2 Å². The van der Waals surface area contributed by atoms with E-state index in [4.69, 9.17) is 0 Å². The minimum atomic E-state index is 0.557. The smallest absolute Gasteiger partial charge is 0.135 e. The zero-order chi connectivity index (χ0) is 15.4. The number of aromatic nitrogens is 1. The molecule has 1 saturated heterocycles. The van der Waals surface area contributed by atoms with Gasteiger partial charge in [-0.15, -0.1) is 11.3 Å². The van der Waals surface area contributed by atoms with Crippen molar-refractivity contribution in [1.29, 1.82) is 5.26 Å². The van der Waals surface area contributed by atoms with Crippen LogP contribution in [0.5, 0.6) is 0 Å². The third kappa shape index (κ3) is 3.29. The fourth-order valence-electron chi connectivity index (χ4n) is 2.52. The fourth-order valence-corrected chi connectivity index (χ4v) is 3.28. The molecule has 1 aliphatic heterocycles. The van der Waals surface area contributed by atoms with Crippen molar-refractivity contribution in [1.82, 2.24) is 4.98 Å². The molecule has 1 N–H and O–H groups in total. The normalized spacial score (nSPS) is 14.9. The summed E-state index contributed by atoms with van der Waals surface area (Å²) in [5, 5.41) is 15.1. The molecule has 0 unspecified atom stereocenters. The Morgan fingerprint density at radius 1 is 1.32 bits per heavy atom. The van der Waals surface area contributed by atoms with E-state index in [1.165, 1.54) is 29.9 Å². The van der Waals surface area contributed by atoms with Crippen LogP contribution in [0.15, 0.2) is 35.8 Å². The highest BCUT2D eigenvalue weighted by atomic mass is 32.1. The van der Waals surface area contributed by atoms with Crippen LogP contribution in [-0.2, 0) is 0 Å². The Balaban J connectivity index is 1.69. The van der Waals surface area contributed by atoms with E-state index in [0.717, 1.165) is 29.5 Å². The topological polar surface area (TPSA) is 52.0 Å². The van der Waals surface area contributed by atoms with Crippen molar-refractivity contribution in [3.8, 4) is 6.07 Å². The maximum atomic E-state index is 9.26. The van der Waals surface area contributed by atoms with Gasteiger partial charge in [-0.2, -0.15) is 5.26 Å². The molecular weight excluding hydrogens is 292 g/mol. The first-order valence-electron chi connectivity index (χ1n) is 7.40. The zero-order valence-corrected chi connectivity index (χ0v) is 13.4. The summed E-state index contributed by atoms with van der Waals surface area (Å²) >= 11 is 1.49. The van der Waals surface area contributed by atoms with Gasteiger partial charge in [0.2, 0.25) is 0 Å². The van der Waals surface area contributed by atoms with E-state index in [1.54, 1.807) is 6.20 Å². The molecule has 0 spiro atoms. The number of benzene rings is 1. The van der Waals surface area contributed by atoms with Crippen LogP contribution in [0.4, 0.5) is 11.4 Å². The average molecular weight is 310 g/mol. The molecular formula is C17H18N4S. The maximum absolute atomic E-state index is 9.26. The van der Waals surface area contributed by atoms with Crippen LogP contribution >= 0.6 is 11.3 Å². The van der Waals surface area contributed by atoms with Crippen molar-refractivity contribution in [2.24, 2.45) is 0 Å². The molecule has 0 atom stereocenters. The minimum Gasteiger partial charge on any atom is -0.372 e. The van der Waals surface area contributed by atoms with Gasteiger partial charge in [-0.1, -0.05) is 0 Å². The first kappa shape index (κ1) is 14.6. The zero-order valence-electron chi connectivity index (χ0n) is 12.5. The Morgan fingerprint density at radius 3 is 2.64 bits per heavy atom. The van der Waals surface area contributed by atoms with E-state index < -0.39 is 0 Å². The predicted molar refractivity (Wildman–Crippen MR) is 92.0 cm³/mol. The largest absolute Gasteiger partial charge is 0.372 e. The van der Waals surface area contributed by atoms with Gasteiger partial charge in [-0.05, 0) is 44.0 Å². The predicted octanol–water partition coefficient (Wildman–Crippen LogP) is 4.03. The molecule has 0 bridgehead atoms. The highest BCUT2D eigenvalue weighted by molar-refractivity contribution is 7.10. The van der Waals surface area contributed by atoms with Crippen molar-refractivity contribution >= 4 is 28.3 Å². The first-order chi connectivity index (χ1) is 10.8. The van der Waals surface area contributed by atoms with Gasteiger partial charge in [0.15, 0.2) is 0 Å². The third-order valence-electron chi connectivity index (χ3n) is 3.69. The lowest BCUT2D eigenvalue weighted by molar-refractivity contribution is 0.949. The lowest BCUT2D eigenvalue weighted by Gasteiger charge is -2.17. The summed E-state index contributed by atoms with van der Waals surface area (Å²) < 4.78 is 0. The second kappa shape index (κ2) is 6.63. The number of anilines is 2. The second-order valence-electron chi connectivity index (χ2n) is 5.35. The van der Waals surface area contributed by atoms with Crippen molar-refractivity contribution in [3.63, 3.8) is 0 Å². The van der Waals surface area contributed by atoms with Crippen LogP contribution in [0.3, 0.4) is 0 Å². The Bertz CT molecular complexity index is 703. The summed E-state index contributed by atoms with van der Waals surface area (Å²) in [5.41, 5.74) is 3.74. The van der Waals surface area contributed by atoms with Crippen molar-refractivity contribution in [2.45, 2.75) is 19.8 Å². The SMILES string of the molecule is Cc1csc(/C(C#N)=C/Nc2ccc(N3CCCC3)cc2)n1. The highest BCUT2D eigenvalue weighted by Crippen LogP contribution is 2.23. The van der Waals surface area contributed by atoms with Crippen LogP contribution in [0, 0.1) is 18.3 Å². The number of nitriles is 1. The minimum absolute atomic E-state index is 0.557. The van der Waals surface area contributed by atoms with Crippen molar-refractivity contribution in [3.05, 3.63) is 46.5 Å². The van der Waals surface area contributed by atoms with E-state index in [1.807, 2.05) is 24.4 Å². The average Bonchev–Trinajstić information content (AvgIpc) is 3.20. The van der Waals surface area contributed by atoms with Gasteiger partial charge < -0.3 is 10.2 Å². The standard InChI is InChI=1S/C17H18N4S/c1-13-12-22-17(20-13)14(10-18)11-19-15-4-6-16(7-5-15)21-8-2-3-9-21/h4-7,11-12,19H,2-3,8-9H2,1H3/b14-11+. The molecule has 0 amide bonds. The molecule has 0 aliphatic carbocycles. The number of aryl methyl sites for hydroxylation is 1. The van der Waals surface area contributed by atoms with E-state index in [2.05, 4.69) is 33.4 Å². The number of nitrogens with one attached hydrogen (secondary N) is 1. The first-order valence-corrected chi connectivity index (χ1v) is 8.28. The Labute approximate surface area is 134 Å². The van der Waals surface area contributed by atoms with Crippen LogP contribution in [0.25, 0.3) is 5.57 Å². The van der Waals surface area contributed by atoms with Crippen LogP contribution in [0.2, 0.25) is 0 Å². The molecule has 5 heteroatoms. The van der Waals surface area contributed by atoms with Crippen LogP contribution in [0.1, 0.15) is 23.5 Å². The quantitative estimate of drug-likeness (QED) is 0.866. The maximum Gasteiger partial charge on any atom is 0.135 e. The molecule has 2 heterocycles. The number of rotatable bonds is 4. The molecule has 1 aromatic carbocycles. The number of allylic oxidation sites excluding steroid dienone is 1. The van der Waals surface area contributed by atoms with Gasteiger partial charge in [0.1, 0.15) is 16.6 Å². The van der Waals surface area contributed by atoms with Gasteiger partial charge in [-0.3, -0.25) is 0 Å². The van der Waals surface area contributed by atoms with Crippen molar-refractivity contribution < 1.29 is 0 Å². The molecule has 1 aliphatic rings. The molecule has 0 saturated carbocycles. The summed E-state index contributed by atoms with van der Waals surface area (Å²) in [4.78, 5) is 6.74. The van der Waals surface area contributed by atoms with Crippen molar-refractivity contribution in [2.75, 3.05) is 23.3 Å². The third-order valence-corrected chi connectivity index (χ3v) is 4.68. The summed E-state index contributed by atoms with van der Waals surface area (Å²) in [6.45, 7) is 4.23. The molecule has 22 heavy (non-hydrogen) atoms. The summed E-state index contributed by atoms with van der Waals surface area (Å²) in [6.07, 6.45) is 4.28. The molecule has 112 valence electrons. The molecule has 1 fully saturated rings. The number of thiazole rings is 1. The molecule has 0 radical (unpaired) electrons. The van der Waals surface area contributed by atoms with Gasteiger partial charge in [0.25, 0.3) is 0 Å². The van der Waals surface area contributed by atoms with E-state index in [0.29, 0.717) is 5.57 Å². The fraction of sp³-hybridized carbons (Fsp3) is 0.294.